The summed E-state index contributed by atoms with van der Waals surface area (Å²) < 4.78 is 129. The van der Waals surface area contributed by atoms with Crippen LogP contribution in [0.1, 0.15) is 41.5 Å². The first-order chi connectivity index (χ1) is 66.3. The van der Waals surface area contributed by atoms with E-state index in [0.29, 0.717) is 0 Å². The first-order valence-corrected chi connectivity index (χ1v) is 44.6. The molecular weight excluding hydrogens is 1920 g/mol. The first-order valence-electron chi connectivity index (χ1n) is 44.6. The van der Waals surface area contributed by atoms with Gasteiger partial charge in [0.05, 0.1) is 72.7 Å². The molecule has 11 saturated heterocycles. The van der Waals surface area contributed by atoms with E-state index in [1.807, 2.05) is 0 Å². The van der Waals surface area contributed by atoms with E-state index < -0.39 is 446 Å². The smallest absolute Gasteiger partial charge is 0.217 e. The van der Waals surface area contributed by atoms with Crippen LogP contribution in [0, 0.1) is 0 Å². The van der Waals surface area contributed by atoms with Crippen LogP contribution in [0.3, 0.4) is 0 Å². The second-order valence-electron chi connectivity index (χ2n) is 35.2. The van der Waals surface area contributed by atoms with Crippen molar-refractivity contribution in [3.8, 4) is 0 Å². The van der Waals surface area contributed by atoms with Crippen molar-refractivity contribution in [1.29, 1.82) is 0 Å². The number of nitrogens with one attached hydrogen (secondary N) is 6. The molecule has 0 aliphatic carbocycles. The fraction of sp³-hybridized carbons (Fsp3) is 0.923. The molecule has 0 aromatic rings. The molecule has 0 spiro atoms. The normalized spacial score (nSPS) is 48.1. The minimum Gasteiger partial charge on any atom is -0.394 e. The quantitative estimate of drug-likeness (QED) is 0.0275. The summed E-state index contributed by atoms with van der Waals surface area (Å²) in [5, 5.41) is 344. The van der Waals surface area contributed by atoms with Gasteiger partial charge in [-0.05, 0) is 0 Å². The number of amides is 6. The lowest BCUT2D eigenvalue weighted by Gasteiger charge is -2.53. The molecule has 55 atom stereocenters. The molecule has 0 aromatic heterocycles. The molecule has 11 aliphatic rings. The molecule has 6 amide bonds. The van der Waals surface area contributed by atoms with Crippen molar-refractivity contribution >= 4 is 35.4 Å². The molecule has 11 aliphatic heterocycles. The minimum atomic E-state index is -2.90. The molecule has 0 radical (unpaired) electrons. The second-order valence-corrected chi connectivity index (χ2v) is 35.2. The highest BCUT2D eigenvalue weighted by atomic mass is 16.8. The lowest BCUT2D eigenvalue weighted by Crippen LogP contribution is -2.72. The molecule has 62 nitrogen and oxygen atoms in total. The Hall–Kier alpha value is -5.18. The number of ether oxygens (including phenoxy) is 21. The summed E-state index contributed by atoms with van der Waals surface area (Å²) in [6, 6.07) is -12.2. The maximum absolute atomic E-state index is 13.7. The highest BCUT2D eigenvalue weighted by molar-refractivity contribution is 5.75. The van der Waals surface area contributed by atoms with Crippen LogP contribution in [0.15, 0.2) is 0 Å². The van der Waals surface area contributed by atoms with Gasteiger partial charge in [-0.1, -0.05) is 0 Å². The molecule has 140 heavy (non-hydrogen) atoms. The van der Waals surface area contributed by atoms with E-state index in [4.69, 9.17) is 99.5 Å². The molecule has 808 valence electrons. The van der Waals surface area contributed by atoms with Crippen LogP contribution >= 0.6 is 0 Å². The zero-order valence-corrected chi connectivity index (χ0v) is 75.5. The zero-order chi connectivity index (χ0) is 103. The highest BCUT2D eigenvalue weighted by Crippen LogP contribution is 2.43. The number of rotatable bonds is 37. The Labute approximate surface area is 792 Å². The fourth-order valence-corrected chi connectivity index (χ4v) is 18.2. The van der Waals surface area contributed by atoms with Gasteiger partial charge in [0.25, 0.3) is 0 Å². The van der Waals surface area contributed by atoms with Gasteiger partial charge in [0.15, 0.2) is 69.2 Å². The van der Waals surface area contributed by atoms with Gasteiger partial charge in [-0.25, -0.2) is 0 Å². The van der Waals surface area contributed by atoms with Gasteiger partial charge in [-0.3, -0.25) is 28.8 Å². The average Bonchev–Trinajstić information content (AvgIpc) is 0.746. The minimum absolute atomic E-state index is 0.846. The highest BCUT2D eigenvalue weighted by Gasteiger charge is 2.64. The standard InChI is InChI=1S/C78H130N6O56/c1-18(95)79-35-48(108)59(29(12-90)121-68(35)119)132-71-38(82-21(4)98)50(110)62(32(15-93)127-71)136-76-58(118)65(64(137-69-36(80-19(2)96)46(106)41(101)24(7-85)122-69)34(131-76)17-120-77-66(54(114)45(105)28(11-89)126-77)139-70-37(81-20(3)97)47(107)42(102)25(8-86)123-70)138-78-67(140-73-40(84-23(6)100)51(111)61(31(14-92)129-73)135-75-56(116)53(113)44(104)27(10-88)125-75)57(117)63(33(16-94)130-78)133-72-39(83-22(5)99)49(109)60(30(13-91)128-72)134-74-55(115)52(112)43(103)26(9-87)124-74/h24-78,85-94,101-119H,7-17H2,1-6H3,(H,79,95)(H,80,96)(H,81,97)(H,82,98)(H,83,99)(H,84,100)/t24-,25-,26-,27-,28-,29-,30-,31-,32-,33-,34-,35-,36+,37-,38-,39-,40-,41-,42-,43+,44+,45-,46-,47-,48-,49-,50-,51-,52+,53+,54+,55-,56-,57+,58+,59-,60-,61-,62-,63-,64-,65-,66+,67+,68-,69+,70+,71+,72+,73+,74+,75+,76+,77+,78-/m1/s1. The molecular formula is C78H130N6O56. The summed E-state index contributed by atoms with van der Waals surface area (Å²) in [7, 11) is 0. The Bertz CT molecular complexity index is 3920. The van der Waals surface area contributed by atoms with Gasteiger partial charge in [-0.15, -0.1) is 0 Å². The third kappa shape index (κ3) is 25.7. The van der Waals surface area contributed by atoms with Gasteiger partial charge < -0.3 is 279 Å². The van der Waals surface area contributed by atoms with Gasteiger partial charge in [-0.2, -0.15) is 0 Å². The summed E-state index contributed by atoms with van der Waals surface area (Å²) in [6.07, 6.45) is -110. The van der Waals surface area contributed by atoms with Gasteiger partial charge >= 0.3 is 0 Å². The molecule has 0 bridgehead atoms. The van der Waals surface area contributed by atoms with Crippen molar-refractivity contribution in [2.45, 2.75) is 379 Å². The molecule has 11 fully saturated rings. The molecule has 0 saturated carbocycles. The van der Waals surface area contributed by atoms with E-state index in [-0.39, 0.29) is 0 Å². The predicted molar refractivity (Wildman–Crippen MR) is 432 cm³/mol. The fourth-order valence-electron chi connectivity index (χ4n) is 18.2. The van der Waals surface area contributed by atoms with Crippen LogP contribution in [-0.4, -0.2) is 594 Å². The largest absolute Gasteiger partial charge is 0.394 e. The Morgan fingerprint density at radius 2 is 0.400 bits per heavy atom. The summed E-state index contributed by atoms with van der Waals surface area (Å²) >= 11 is 0. The average molecular weight is 2050 g/mol. The van der Waals surface area contributed by atoms with E-state index in [1.165, 1.54) is 0 Å². The zero-order valence-electron chi connectivity index (χ0n) is 75.5. The summed E-state index contributed by atoms with van der Waals surface area (Å²) in [5.41, 5.74) is 0. The summed E-state index contributed by atoms with van der Waals surface area (Å²) in [5.74, 6) is -6.03. The molecule has 35 N–H and O–H groups in total. The predicted octanol–water partition coefficient (Wildman–Crippen LogP) is -24.1. The van der Waals surface area contributed by atoms with Gasteiger partial charge in [0, 0.05) is 41.5 Å². The van der Waals surface area contributed by atoms with Crippen molar-refractivity contribution in [3.63, 3.8) is 0 Å². The first kappa shape index (κ1) is 115. The molecule has 62 heteroatoms. The van der Waals surface area contributed by atoms with Crippen LogP contribution in [0.5, 0.6) is 0 Å². The van der Waals surface area contributed by atoms with Crippen LogP contribution < -0.4 is 31.9 Å². The monoisotopic (exact) mass is 2050 g/mol. The third-order valence-electron chi connectivity index (χ3n) is 25.4. The molecule has 0 aromatic carbocycles. The van der Waals surface area contributed by atoms with E-state index >= 15 is 0 Å². The van der Waals surface area contributed by atoms with Crippen LogP contribution in [0.4, 0.5) is 0 Å². The van der Waals surface area contributed by atoms with Crippen molar-refractivity contribution < 1.29 is 276 Å². The number of carbonyl (C=O) groups excluding carboxylic acids is 6. The number of hydrogen-bond donors (Lipinski definition) is 35. The Morgan fingerprint density at radius 1 is 0.186 bits per heavy atom. The van der Waals surface area contributed by atoms with Crippen LogP contribution in [0.25, 0.3) is 0 Å². The maximum atomic E-state index is 13.7. The Balaban J connectivity index is 1.08. The van der Waals surface area contributed by atoms with Gasteiger partial charge in [0.2, 0.25) is 35.4 Å². The number of hydrogen-bond acceptors (Lipinski definition) is 56. The van der Waals surface area contributed by atoms with Crippen LogP contribution in [-0.2, 0) is 128 Å². The van der Waals surface area contributed by atoms with E-state index in [1.54, 1.807) is 0 Å². The number of aliphatic hydroxyl groups excluding tert-OH is 29. The number of carbonyl (C=O) groups is 6. The summed E-state index contributed by atoms with van der Waals surface area (Å²) in [4.78, 5) is 78.9. The van der Waals surface area contributed by atoms with E-state index in [9.17, 15) is 177 Å². The SMILES string of the molecule is CC(=O)N[C@@H]1[C@H](O[C@H]2[C@H](O[C@H]3O[C@H](CO)[C@@H](O[C@@H]4O[C@H](CO)[C@@H](O[C@@H]5O[C@H](CO)[C@H](O)[C@H](O)[C@H]5O)[C@H](O)[C@H]4NC(C)=O)[C@H](O)[C@@H]3O[C@@H]3O[C@H](CO)[C@@H](O[C@@H]4O[C@H](CO)[C@H](O)[C@H](O)[C@H]4O)[C@H](O)[C@H]3NC(C)=O)[C@H](O)[C@H](O[C@H]3[C@H](O)[C@@H](NC(C)=O)[C@H](O[C@H]4[C@H](O)[C@@H](NC(C)=O)[C@H](O)O[C@@H]4CO)O[C@@H]3CO)O[C@@H]2CO[C@H]2O[C@H](CO)[C@@H](O)[C@H](O)[C@@H]2O[C@@H]2O[C@H](CO)[C@@H](O)[C@H](O)[C@H]2NC(C)=O)O[C@H](CO)[C@@H](O)[C@@H]1O. The lowest BCUT2D eigenvalue weighted by molar-refractivity contribution is -0.414. The third-order valence-corrected chi connectivity index (χ3v) is 25.4. The maximum Gasteiger partial charge on any atom is 0.217 e. The van der Waals surface area contributed by atoms with Crippen molar-refractivity contribution in [2.75, 3.05) is 72.7 Å². The lowest BCUT2D eigenvalue weighted by atomic mass is 9.93. The summed E-state index contributed by atoms with van der Waals surface area (Å²) in [6.45, 7) is -8.11. The molecule has 11 rings (SSSR count). The van der Waals surface area contributed by atoms with E-state index in [0.717, 1.165) is 41.5 Å². The van der Waals surface area contributed by atoms with Crippen molar-refractivity contribution in [1.82, 2.24) is 31.9 Å². The van der Waals surface area contributed by atoms with Crippen molar-refractivity contribution in [3.05, 3.63) is 0 Å². The Kier molecular flexibility index (Phi) is 41.7. The van der Waals surface area contributed by atoms with E-state index in [2.05, 4.69) is 31.9 Å². The Morgan fingerprint density at radius 3 is 0.729 bits per heavy atom. The second kappa shape index (κ2) is 50.7. The van der Waals surface area contributed by atoms with Crippen LogP contribution in [0.2, 0.25) is 0 Å². The molecule has 0 unspecified atom stereocenters. The topological polar surface area (TPSA) is 955 Å². The number of aliphatic hydroxyl groups is 29. The van der Waals surface area contributed by atoms with Crippen molar-refractivity contribution in [2.24, 2.45) is 0 Å². The van der Waals surface area contributed by atoms with Gasteiger partial charge in [0.1, 0.15) is 268 Å². The molecule has 11 heterocycles.